The molecular formula is C12H16ClN3OS. The second-order valence-electron chi connectivity index (χ2n) is 4.13. The summed E-state index contributed by atoms with van der Waals surface area (Å²) < 4.78 is 0. The van der Waals surface area contributed by atoms with Crippen LogP contribution in [0.4, 0.5) is 5.69 Å². The summed E-state index contributed by atoms with van der Waals surface area (Å²) in [6.45, 7) is 3.98. The molecule has 4 nitrogen and oxygen atoms in total. The standard InChI is InChI=1S/C12H16ClN3OS/c1-7(2)16-11(17)6-15-10-4-3-8(12(14)18)5-9(10)13/h3-5,7,15H,6H2,1-2H3,(H2,14,18)(H,16,17). The maximum absolute atomic E-state index is 11.5. The van der Waals surface area contributed by atoms with Gasteiger partial charge in [-0.2, -0.15) is 0 Å². The van der Waals surface area contributed by atoms with Crippen LogP contribution in [0.1, 0.15) is 19.4 Å². The van der Waals surface area contributed by atoms with Gasteiger partial charge in [0, 0.05) is 11.6 Å². The van der Waals surface area contributed by atoms with Crippen LogP contribution >= 0.6 is 23.8 Å². The summed E-state index contributed by atoms with van der Waals surface area (Å²) in [4.78, 5) is 11.7. The minimum atomic E-state index is -0.0838. The first-order valence-corrected chi connectivity index (χ1v) is 6.31. The largest absolute Gasteiger partial charge is 0.389 e. The molecule has 0 fully saturated rings. The van der Waals surface area contributed by atoms with Gasteiger partial charge in [-0.15, -0.1) is 0 Å². The third-order valence-corrected chi connectivity index (χ3v) is 2.69. The Morgan fingerprint density at radius 1 is 1.50 bits per heavy atom. The van der Waals surface area contributed by atoms with Crippen molar-refractivity contribution in [2.75, 3.05) is 11.9 Å². The number of halogens is 1. The van der Waals surface area contributed by atoms with Crippen molar-refractivity contribution < 1.29 is 4.79 Å². The van der Waals surface area contributed by atoms with Crippen molar-refractivity contribution in [1.82, 2.24) is 5.32 Å². The molecule has 0 saturated heterocycles. The molecule has 18 heavy (non-hydrogen) atoms. The van der Waals surface area contributed by atoms with E-state index in [1.807, 2.05) is 13.8 Å². The van der Waals surface area contributed by atoms with Crippen LogP contribution in [-0.2, 0) is 4.79 Å². The van der Waals surface area contributed by atoms with E-state index in [1.54, 1.807) is 18.2 Å². The van der Waals surface area contributed by atoms with Gasteiger partial charge in [0.05, 0.1) is 17.3 Å². The van der Waals surface area contributed by atoms with Gasteiger partial charge in [0.1, 0.15) is 4.99 Å². The molecule has 0 heterocycles. The topological polar surface area (TPSA) is 67.2 Å². The second kappa shape index (κ2) is 6.56. The Hall–Kier alpha value is -1.33. The number of hydrogen-bond acceptors (Lipinski definition) is 3. The van der Waals surface area contributed by atoms with Crippen molar-refractivity contribution in [3.63, 3.8) is 0 Å². The van der Waals surface area contributed by atoms with E-state index in [0.717, 1.165) is 0 Å². The van der Waals surface area contributed by atoms with Crippen molar-refractivity contribution >= 4 is 40.4 Å². The van der Waals surface area contributed by atoms with E-state index < -0.39 is 0 Å². The number of amides is 1. The normalized spacial score (nSPS) is 10.2. The van der Waals surface area contributed by atoms with E-state index in [0.29, 0.717) is 21.3 Å². The predicted molar refractivity (Wildman–Crippen MR) is 79.1 cm³/mol. The Bertz CT molecular complexity index is 463. The number of rotatable bonds is 5. The fourth-order valence-corrected chi connectivity index (χ4v) is 1.73. The van der Waals surface area contributed by atoms with Crippen molar-refractivity contribution in [3.8, 4) is 0 Å². The van der Waals surface area contributed by atoms with Crippen molar-refractivity contribution in [3.05, 3.63) is 28.8 Å². The molecule has 1 amide bonds. The van der Waals surface area contributed by atoms with Gasteiger partial charge in [-0.3, -0.25) is 4.79 Å². The number of benzene rings is 1. The van der Waals surface area contributed by atoms with Crippen molar-refractivity contribution in [2.45, 2.75) is 19.9 Å². The Morgan fingerprint density at radius 2 is 2.17 bits per heavy atom. The molecular weight excluding hydrogens is 270 g/mol. The van der Waals surface area contributed by atoms with Gasteiger partial charge >= 0.3 is 0 Å². The zero-order chi connectivity index (χ0) is 13.7. The lowest BCUT2D eigenvalue weighted by atomic mass is 10.2. The molecule has 0 saturated carbocycles. The SMILES string of the molecule is CC(C)NC(=O)CNc1ccc(C(N)=S)cc1Cl. The lowest BCUT2D eigenvalue weighted by Gasteiger charge is -2.11. The molecule has 0 aliphatic heterocycles. The minimum Gasteiger partial charge on any atom is -0.389 e. The highest BCUT2D eigenvalue weighted by Crippen LogP contribution is 2.22. The van der Waals surface area contributed by atoms with Crippen LogP contribution in [-0.4, -0.2) is 23.5 Å². The van der Waals surface area contributed by atoms with Crippen LogP contribution in [0.5, 0.6) is 0 Å². The number of nitrogens with two attached hydrogens (primary N) is 1. The zero-order valence-corrected chi connectivity index (χ0v) is 11.9. The first kappa shape index (κ1) is 14.7. The van der Waals surface area contributed by atoms with Crippen molar-refractivity contribution in [2.24, 2.45) is 5.73 Å². The second-order valence-corrected chi connectivity index (χ2v) is 4.98. The molecule has 1 aromatic rings. The molecule has 1 aromatic carbocycles. The molecule has 1 rings (SSSR count). The summed E-state index contributed by atoms with van der Waals surface area (Å²) in [7, 11) is 0. The lowest BCUT2D eigenvalue weighted by molar-refractivity contribution is -0.119. The van der Waals surface area contributed by atoms with Gasteiger partial charge in [0.25, 0.3) is 0 Å². The Labute approximate surface area is 117 Å². The van der Waals surface area contributed by atoms with Crippen LogP contribution in [0.3, 0.4) is 0 Å². The van der Waals surface area contributed by atoms with E-state index in [2.05, 4.69) is 10.6 Å². The van der Waals surface area contributed by atoms with Gasteiger partial charge in [0.15, 0.2) is 0 Å². The highest BCUT2D eigenvalue weighted by atomic mass is 35.5. The zero-order valence-electron chi connectivity index (χ0n) is 10.3. The van der Waals surface area contributed by atoms with Gasteiger partial charge < -0.3 is 16.4 Å². The average molecular weight is 286 g/mol. The van der Waals surface area contributed by atoms with E-state index in [1.165, 1.54) is 0 Å². The highest BCUT2D eigenvalue weighted by molar-refractivity contribution is 7.80. The molecule has 6 heteroatoms. The van der Waals surface area contributed by atoms with Gasteiger partial charge in [-0.25, -0.2) is 0 Å². The van der Waals surface area contributed by atoms with E-state index in [-0.39, 0.29) is 18.5 Å². The molecule has 0 aliphatic rings. The maximum atomic E-state index is 11.5. The third kappa shape index (κ3) is 4.50. The minimum absolute atomic E-state index is 0.0838. The molecule has 0 bridgehead atoms. The highest BCUT2D eigenvalue weighted by Gasteiger charge is 2.06. The molecule has 4 N–H and O–H groups in total. The quantitative estimate of drug-likeness (QED) is 0.723. The monoisotopic (exact) mass is 285 g/mol. The summed E-state index contributed by atoms with van der Waals surface area (Å²) in [6, 6.07) is 5.30. The van der Waals surface area contributed by atoms with Crippen molar-refractivity contribution in [1.29, 1.82) is 0 Å². The number of anilines is 1. The van der Waals surface area contributed by atoms with Gasteiger partial charge in [0.2, 0.25) is 5.91 Å². The fraction of sp³-hybridized carbons (Fsp3) is 0.333. The van der Waals surface area contributed by atoms with Crippen LogP contribution in [0.15, 0.2) is 18.2 Å². The van der Waals surface area contributed by atoms with Crippen LogP contribution in [0.25, 0.3) is 0 Å². The fourth-order valence-electron chi connectivity index (χ4n) is 1.36. The number of nitrogens with one attached hydrogen (secondary N) is 2. The Morgan fingerprint density at radius 3 is 2.67 bits per heavy atom. The Kier molecular flexibility index (Phi) is 5.37. The summed E-state index contributed by atoms with van der Waals surface area (Å²) in [5.74, 6) is -0.0838. The van der Waals surface area contributed by atoms with Gasteiger partial charge in [-0.1, -0.05) is 23.8 Å². The first-order valence-electron chi connectivity index (χ1n) is 5.52. The van der Waals surface area contributed by atoms with Crippen LogP contribution < -0.4 is 16.4 Å². The molecule has 0 unspecified atom stereocenters. The Balaban J connectivity index is 2.63. The number of carbonyl (C=O) groups is 1. The van der Waals surface area contributed by atoms with E-state index in [9.17, 15) is 4.79 Å². The summed E-state index contributed by atoms with van der Waals surface area (Å²) in [5.41, 5.74) is 6.88. The number of carbonyl (C=O) groups excluding carboxylic acids is 1. The van der Waals surface area contributed by atoms with Gasteiger partial charge in [-0.05, 0) is 32.0 Å². The van der Waals surface area contributed by atoms with Crippen LogP contribution in [0, 0.1) is 0 Å². The summed E-state index contributed by atoms with van der Waals surface area (Å²) >= 11 is 10.9. The smallest absolute Gasteiger partial charge is 0.239 e. The molecule has 0 aromatic heterocycles. The number of thiocarbonyl (C=S) groups is 1. The average Bonchev–Trinajstić information content (AvgIpc) is 2.26. The molecule has 98 valence electrons. The first-order chi connectivity index (χ1) is 8.40. The summed E-state index contributed by atoms with van der Waals surface area (Å²) in [6.07, 6.45) is 0. The van der Waals surface area contributed by atoms with E-state index in [4.69, 9.17) is 29.6 Å². The third-order valence-electron chi connectivity index (χ3n) is 2.14. The van der Waals surface area contributed by atoms with Crippen LogP contribution in [0.2, 0.25) is 5.02 Å². The maximum Gasteiger partial charge on any atom is 0.239 e. The molecule has 0 atom stereocenters. The molecule has 0 aliphatic carbocycles. The predicted octanol–water partition coefficient (Wildman–Crippen LogP) is 1.91. The summed E-state index contributed by atoms with van der Waals surface area (Å²) in [5, 5.41) is 6.22. The molecule has 0 radical (unpaired) electrons. The van der Waals surface area contributed by atoms with E-state index >= 15 is 0 Å². The molecule has 0 spiro atoms. The lowest BCUT2D eigenvalue weighted by Crippen LogP contribution is -2.34. The number of hydrogen-bond donors (Lipinski definition) is 3.